The van der Waals surface area contributed by atoms with Gasteiger partial charge < -0.3 is 10.6 Å². The Bertz CT molecular complexity index is 456. The number of hydrogen-bond acceptors (Lipinski definition) is 3. The summed E-state index contributed by atoms with van der Waals surface area (Å²) >= 11 is 1.83. The summed E-state index contributed by atoms with van der Waals surface area (Å²) in [6.45, 7) is 1.14. The van der Waals surface area contributed by atoms with E-state index in [4.69, 9.17) is 0 Å². The lowest BCUT2D eigenvalue weighted by Gasteiger charge is -2.22. The number of nitrogens with one attached hydrogen (secondary N) is 2. The van der Waals surface area contributed by atoms with E-state index in [0.29, 0.717) is 12.0 Å². The van der Waals surface area contributed by atoms with Crippen LogP contribution in [0.4, 0.5) is 8.78 Å². The number of benzene rings is 1. The lowest BCUT2D eigenvalue weighted by molar-refractivity contribution is -0.121. The third-order valence-corrected chi connectivity index (χ3v) is 4.03. The van der Waals surface area contributed by atoms with Crippen molar-refractivity contribution in [2.45, 2.75) is 19.0 Å². The average Bonchev–Trinajstić information content (AvgIpc) is 2.41. The molecule has 0 radical (unpaired) electrons. The summed E-state index contributed by atoms with van der Waals surface area (Å²) in [5.74, 6) is 0.159. The molecule has 112 valence electrons. The van der Waals surface area contributed by atoms with Crippen molar-refractivity contribution in [1.29, 1.82) is 0 Å². The minimum atomic E-state index is -0.892. The van der Waals surface area contributed by atoms with E-state index in [1.807, 2.05) is 11.8 Å². The number of amides is 1. The Morgan fingerprint density at radius 3 is 2.85 bits per heavy atom. The minimum Gasteiger partial charge on any atom is -0.352 e. The Kier molecular flexibility index (Phi) is 7.26. The molecular formula is C13H17ClF2N2OS. The highest BCUT2D eigenvalue weighted by atomic mass is 35.5. The van der Waals surface area contributed by atoms with E-state index >= 15 is 0 Å². The van der Waals surface area contributed by atoms with Crippen LogP contribution in [0.2, 0.25) is 0 Å². The lowest BCUT2D eigenvalue weighted by atomic mass is 10.2. The molecule has 0 aliphatic carbocycles. The second kappa shape index (κ2) is 8.44. The van der Waals surface area contributed by atoms with Gasteiger partial charge in [0.1, 0.15) is 0 Å². The molecule has 1 unspecified atom stereocenters. The number of carbonyl (C=O) groups is 1. The Morgan fingerprint density at radius 1 is 1.40 bits per heavy atom. The van der Waals surface area contributed by atoms with E-state index in [1.54, 1.807) is 0 Å². The number of halogens is 3. The first kappa shape index (κ1) is 17.2. The highest BCUT2D eigenvalue weighted by molar-refractivity contribution is 7.99. The molecule has 7 heteroatoms. The highest BCUT2D eigenvalue weighted by Crippen LogP contribution is 2.11. The molecule has 0 aromatic heterocycles. The number of rotatable bonds is 4. The van der Waals surface area contributed by atoms with Gasteiger partial charge in [0, 0.05) is 37.1 Å². The van der Waals surface area contributed by atoms with Gasteiger partial charge in [0.25, 0.3) is 0 Å². The van der Waals surface area contributed by atoms with Crippen molar-refractivity contribution in [3.05, 3.63) is 35.4 Å². The predicted octanol–water partition coefficient (Wildman–Crippen LogP) is 2.10. The van der Waals surface area contributed by atoms with Crippen LogP contribution in [-0.4, -0.2) is 30.0 Å². The van der Waals surface area contributed by atoms with Gasteiger partial charge in [-0.15, -0.1) is 12.4 Å². The Hall–Kier alpha value is -0.850. The quantitative estimate of drug-likeness (QED) is 0.892. The van der Waals surface area contributed by atoms with Crippen molar-refractivity contribution in [2.24, 2.45) is 0 Å². The zero-order valence-electron chi connectivity index (χ0n) is 10.8. The molecule has 1 aliphatic rings. The fourth-order valence-electron chi connectivity index (χ4n) is 1.90. The van der Waals surface area contributed by atoms with Crippen molar-refractivity contribution in [1.82, 2.24) is 10.6 Å². The summed E-state index contributed by atoms with van der Waals surface area (Å²) in [6, 6.07) is 3.83. The molecule has 1 aromatic carbocycles. The monoisotopic (exact) mass is 322 g/mol. The second-order valence-electron chi connectivity index (χ2n) is 4.46. The molecule has 2 rings (SSSR count). The number of carbonyl (C=O) groups excluding carboxylic acids is 1. The van der Waals surface area contributed by atoms with Crippen LogP contribution < -0.4 is 10.6 Å². The first-order valence-electron chi connectivity index (χ1n) is 6.17. The summed E-state index contributed by atoms with van der Waals surface area (Å²) < 4.78 is 25.7. The van der Waals surface area contributed by atoms with Crippen LogP contribution in [0, 0.1) is 11.6 Å². The fourth-order valence-corrected chi connectivity index (χ4v) is 2.85. The highest BCUT2D eigenvalue weighted by Gasteiger charge is 2.16. The fraction of sp³-hybridized carbons (Fsp3) is 0.462. The zero-order valence-corrected chi connectivity index (χ0v) is 12.5. The largest absolute Gasteiger partial charge is 0.352 e. The van der Waals surface area contributed by atoms with E-state index in [-0.39, 0.29) is 30.9 Å². The van der Waals surface area contributed by atoms with Crippen molar-refractivity contribution in [3.8, 4) is 0 Å². The zero-order chi connectivity index (χ0) is 13.7. The topological polar surface area (TPSA) is 41.1 Å². The van der Waals surface area contributed by atoms with Gasteiger partial charge in [0.15, 0.2) is 11.6 Å². The van der Waals surface area contributed by atoms with Gasteiger partial charge in [-0.1, -0.05) is 6.07 Å². The van der Waals surface area contributed by atoms with Crippen LogP contribution in [0.5, 0.6) is 0 Å². The molecule has 1 amide bonds. The van der Waals surface area contributed by atoms with Gasteiger partial charge >= 0.3 is 0 Å². The van der Waals surface area contributed by atoms with Gasteiger partial charge in [-0.2, -0.15) is 11.8 Å². The smallest absolute Gasteiger partial charge is 0.221 e. The summed E-state index contributed by atoms with van der Waals surface area (Å²) in [7, 11) is 0. The van der Waals surface area contributed by atoms with Crippen molar-refractivity contribution >= 4 is 30.1 Å². The Labute approximate surface area is 127 Å². The van der Waals surface area contributed by atoms with Crippen LogP contribution in [0.15, 0.2) is 18.2 Å². The Balaban J connectivity index is 0.00000200. The maximum absolute atomic E-state index is 13.0. The average molecular weight is 323 g/mol. The lowest BCUT2D eigenvalue weighted by Crippen LogP contribution is -2.41. The minimum absolute atomic E-state index is 0. The normalized spacial score (nSPS) is 18.2. The van der Waals surface area contributed by atoms with Gasteiger partial charge in [-0.3, -0.25) is 4.79 Å². The molecule has 0 bridgehead atoms. The van der Waals surface area contributed by atoms with E-state index in [1.165, 1.54) is 6.07 Å². The molecule has 3 nitrogen and oxygen atoms in total. The molecule has 1 saturated heterocycles. The Morgan fingerprint density at radius 2 is 2.20 bits per heavy atom. The van der Waals surface area contributed by atoms with Gasteiger partial charge in [0.05, 0.1) is 0 Å². The van der Waals surface area contributed by atoms with Crippen molar-refractivity contribution in [3.63, 3.8) is 0 Å². The number of thioether (sulfide) groups is 1. The molecule has 1 fully saturated rings. The maximum atomic E-state index is 13.0. The second-order valence-corrected chi connectivity index (χ2v) is 5.61. The van der Waals surface area contributed by atoms with Crippen molar-refractivity contribution in [2.75, 3.05) is 18.1 Å². The first-order valence-corrected chi connectivity index (χ1v) is 7.32. The van der Waals surface area contributed by atoms with Crippen LogP contribution >= 0.6 is 24.2 Å². The third kappa shape index (κ3) is 5.26. The van der Waals surface area contributed by atoms with Gasteiger partial charge in [-0.25, -0.2) is 8.78 Å². The summed E-state index contributed by atoms with van der Waals surface area (Å²) in [5, 5.41) is 5.99. The first-order chi connectivity index (χ1) is 9.15. The number of hydrogen-bond donors (Lipinski definition) is 2. The predicted molar refractivity (Wildman–Crippen MR) is 79.2 cm³/mol. The van der Waals surface area contributed by atoms with Crippen molar-refractivity contribution < 1.29 is 13.6 Å². The van der Waals surface area contributed by atoms with E-state index in [0.717, 1.165) is 30.2 Å². The van der Waals surface area contributed by atoms with E-state index in [9.17, 15) is 13.6 Å². The molecule has 1 aromatic rings. The maximum Gasteiger partial charge on any atom is 0.221 e. The molecule has 2 N–H and O–H groups in total. The molecule has 0 spiro atoms. The summed E-state index contributed by atoms with van der Waals surface area (Å²) in [5.41, 5.74) is 0.554. The molecule has 1 atom stereocenters. The van der Waals surface area contributed by atoms with E-state index in [2.05, 4.69) is 10.6 Å². The van der Waals surface area contributed by atoms with Crippen LogP contribution in [0.25, 0.3) is 0 Å². The van der Waals surface area contributed by atoms with Crippen LogP contribution in [-0.2, 0) is 11.3 Å². The molecule has 20 heavy (non-hydrogen) atoms. The SMILES string of the molecule is Cl.O=C(CC1CSCCN1)NCc1ccc(F)c(F)c1. The molecule has 1 heterocycles. The van der Waals surface area contributed by atoms with E-state index < -0.39 is 11.6 Å². The third-order valence-electron chi connectivity index (χ3n) is 2.90. The molecule has 0 saturated carbocycles. The molecule has 1 aliphatic heterocycles. The van der Waals surface area contributed by atoms with Gasteiger partial charge in [-0.05, 0) is 17.7 Å². The van der Waals surface area contributed by atoms with Crippen LogP contribution in [0.3, 0.4) is 0 Å². The standard InChI is InChI=1S/C13H16F2N2OS.ClH/c14-11-2-1-9(5-12(11)15)7-17-13(18)6-10-8-19-4-3-16-10;/h1-2,5,10,16H,3-4,6-8H2,(H,17,18);1H. The van der Waals surface area contributed by atoms with Gasteiger partial charge in [0.2, 0.25) is 5.91 Å². The van der Waals surface area contributed by atoms with Crippen LogP contribution in [0.1, 0.15) is 12.0 Å². The summed E-state index contributed by atoms with van der Waals surface area (Å²) in [6.07, 6.45) is 0.413. The molecular weight excluding hydrogens is 306 g/mol. The summed E-state index contributed by atoms with van der Waals surface area (Å²) in [4.78, 5) is 11.7.